The van der Waals surface area contributed by atoms with Crippen molar-refractivity contribution in [2.75, 3.05) is 0 Å². The van der Waals surface area contributed by atoms with E-state index in [1.54, 1.807) is 6.07 Å². The summed E-state index contributed by atoms with van der Waals surface area (Å²) in [6.45, 7) is 0. The van der Waals surface area contributed by atoms with Gasteiger partial charge in [-0.05, 0) is 11.6 Å². The number of nitrogens with zero attached hydrogens (tertiary/aromatic N) is 1. The van der Waals surface area contributed by atoms with Crippen molar-refractivity contribution in [2.45, 2.75) is 12.6 Å². The summed E-state index contributed by atoms with van der Waals surface area (Å²) < 4.78 is 37.8. The summed E-state index contributed by atoms with van der Waals surface area (Å²) >= 11 is 0. The summed E-state index contributed by atoms with van der Waals surface area (Å²) in [6.07, 6.45) is -4.53. The van der Waals surface area contributed by atoms with Gasteiger partial charge in [0.2, 0.25) is 0 Å². The average Bonchev–Trinajstić information content (AvgIpc) is 2.65. The van der Waals surface area contributed by atoms with Crippen molar-refractivity contribution in [3.8, 4) is 0 Å². The van der Waals surface area contributed by atoms with Crippen LogP contribution >= 0.6 is 0 Å². The second-order valence-electron chi connectivity index (χ2n) is 3.91. The Morgan fingerprint density at radius 2 is 1.84 bits per heavy atom. The van der Waals surface area contributed by atoms with Gasteiger partial charge in [0.05, 0.1) is 11.9 Å². The molecule has 0 aliphatic heterocycles. The van der Waals surface area contributed by atoms with Crippen LogP contribution in [0, 0.1) is 0 Å². The first kappa shape index (κ1) is 13.1. The Bertz CT molecular complexity index is 658. The molecule has 4 nitrogen and oxygen atoms in total. The monoisotopic (exact) mass is 271 g/mol. The second-order valence-corrected chi connectivity index (χ2v) is 3.91. The van der Waals surface area contributed by atoms with E-state index in [0.717, 1.165) is 6.20 Å². The topological polar surface area (TPSA) is 59.3 Å². The van der Waals surface area contributed by atoms with E-state index in [1.807, 2.05) is 0 Å². The van der Waals surface area contributed by atoms with E-state index in [2.05, 4.69) is 0 Å². The van der Waals surface area contributed by atoms with Gasteiger partial charge >= 0.3 is 18.1 Å². The predicted molar refractivity (Wildman–Crippen MR) is 60.0 cm³/mol. The summed E-state index contributed by atoms with van der Waals surface area (Å²) in [4.78, 5) is 21.9. The number of aromatic nitrogens is 1. The Labute approximate surface area is 105 Å². The molecule has 0 aliphatic rings. The molecule has 0 radical (unpaired) electrons. The number of para-hydroxylation sites is 1. The highest BCUT2D eigenvalue weighted by molar-refractivity contribution is 5.97. The zero-order valence-electron chi connectivity index (χ0n) is 9.44. The molecule has 1 heterocycles. The van der Waals surface area contributed by atoms with Crippen LogP contribution in [0.5, 0.6) is 0 Å². The number of rotatable bonds is 2. The number of carbonyl (C=O) groups is 2. The van der Waals surface area contributed by atoms with E-state index in [9.17, 15) is 22.8 Å². The fourth-order valence-electron chi connectivity index (χ4n) is 1.86. The number of halogens is 3. The third-order valence-electron chi connectivity index (χ3n) is 2.60. The van der Waals surface area contributed by atoms with Crippen LogP contribution in [0.2, 0.25) is 0 Å². The van der Waals surface area contributed by atoms with Gasteiger partial charge in [-0.15, -0.1) is 0 Å². The number of hydrogen-bond donors (Lipinski definition) is 1. The molecule has 0 spiro atoms. The Hall–Kier alpha value is -2.31. The van der Waals surface area contributed by atoms with Gasteiger partial charge in [-0.25, -0.2) is 0 Å². The van der Waals surface area contributed by atoms with Gasteiger partial charge < -0.3 is 5.11 Å². The van der Waals surface area contributed by atoms with Crippen molar-refractivity contribution in [1.29, 1.82) is 0 Å². The molecule has 0 bridgehead atoms. The van der Waals surface area contributed by atoms with E-state index in [-0.39, 0.29) is 11.1 Å². The maximum atomic E-state index is 12.4. The average molecular weight is 271 g/mol. The zero-order chi connectivity index (χ0) is 14.2. The summed E-state index contributed by atoms with van der Waals surface area (Å²) in [5, 5.41) is 9.04. The first-order valence-electron chi connectivity index (χ1n) is 5.23. The van der Waals surface area contributed by atoms with Crippen LogP contribution in [0.4, 0.5) is 13.2 Å². The quantitative estimate of drug-likeness (QED) is 0.912. The predicted octanol–water partition coefficient (Wildman–Crippen LogP) is 2.47. The summed E-state index contributed by atoms with van der Waals surface area (Å²) in [5.41, 5.74) is 0.210. The zero-order valence-corrected chi connectivity index (χ0v) is 9.44. The van der Waals surface area contributed by atoms with Gasteiger partial charge in [-0.1, -0.05) is 18.2 Å². The van der Waals surface area contributed by atoms with Crippen LogP contribution in [-0.4, -0.2) is 27.7 Å². The van der Waals surface area contributed by atoms with E-state index in [4.69, 9.17) is 5.11 Å². The molecule has 7 heteroatoms. The first-order chi connectivity index (χ1) is 8.80. The second kappa shape index (κ2) is 4.42. The van der Waals surface area contributed by atoms with Crippen LogP contribution < -0.4 is 0 Å². The van der Waals surface area contributed by atoms with Crippen molar-refractivity contribution < 1.29 is 27.9 Å². The third-order valence-corrected chi connectivity index (χ3v) is 2.60. The smallest absolute Gasteiger partial charge is 0.472 e. The Morgan fingerprint density at radius 3 is 2.42 bits per heavy atom. The fourth-order valence-corrected chi connectivity index (χ4v) is 1.86. The molecule has 100 valence electrons. The molecule has 1 N–H and O–H groups in total. The molecule has 1 aromatic heterocycles. The number of carboxylic acids is 1. The number of hydrogen-bond acceptors (Lipinski definition) is 2. The number of aliphatic carboxylic acids is 1. The first-order valence-corrected chi connectivity index (χ1v) is 5.23. The Balaban J connectivity index is 2.63. The van der Waals surface area contributed by atoms with Gasteiger partial charge in [0.15, 0.2) is 0 Å². The van der Waals surface area contributed by atoms with Crippen LogP contribution in [0.15, 0.2) is 30.5 Å². The number of alkyl halides is 3. The summed E-state index contributed by atoms with van der Waals surface area (Å²) in [6, 6.07) is 5.86. The fraction of sp³-hybridized carbons (Fsp3) is 0.167. The third kappa shape index (κ3) is 2.44. The lowest BCUT2D eigenvalue weighted by molar-refractivity contribution is -0.136. The van der Waals surface area contributed by atoms with Crippen LogP contribution in [0.3, 0.4) is 0 Å². The largest absolute Gasteiger partial charge is 0.481 e. The summed E-state index contributed by atoms with van der Waals surface area (Å²) in [5.74, 6) is -3.22. The van der Waals surface area contributed by atoms with Crippen molar-refractivity contribution >= 4 is 22.8 Å². The van der Waals surface area contributed by atoms with Crippen LogP contribution in [-0.2, 0) is 11.2 Å². The standard InChI is InChI=1S/C12H8F3NO3/c13-12(14,15)11(19)16-6-7(5-10(17)18)8-3-1-2-4-9(8)16/h1-4,6H,5H2,(H,17,18). The number of carboxylic acid groups (broad SMARTS) is 1. The Kier molecular flexibility index (Phi) is 3.05. The van der Waals surface area contributed by atoms with Crippen LogP contribution in [0.25, 0.3) is 10.9 Å². The maximum absolute atomic E-state index is 12.4. The molecule has 1 aromatic carbocycles. The Morgan fingerprint density at radius 1 is 1.21 bits per heavy atom. The minimum Gasteiger partial charge on any atom is -0.481 e. The van der Waals surface area contributed by atoms with Crippen molar-refractivity contribution in [3.63, 3.8) is 0 Å². The highest BCUT2D eigenvalue weighted by atomic mass is 19.4. The molecule has 0 unspecified atom stereocenters. The SMILES string of the molecule is O=C(O)Cc1cn(C(=O)C(F)(F)F)c2ccccc12. The van der Waals surface area contributed by atoms with Gasteiger partial charge in [0.25, 0.3) is 0 Å². The van der Waals surface area contributed by atoms with Gasteiger partial charge in [0.1, 0.15) is 0 Å². The maximum Gasteiger partial charge on any atom is 0.472 e. The van der Waals surface area contributed by atoms with Gasteiger partial charge in [-0.2, -0.15) is 13.2 Å². The molecule has 2 aromatic rings. The van der Waals surface area contributed by atoms with E-state index < -0.39 is 24.5 Å². The van der Waals surface area contributed by atoms with Crippen molar-refractivity contribution in [3.05, 3.63) is 36.0 Å². The molecule has 2 rings (SSSR count). The van der Waals surface area contributed by atoms with Crippen molar-refractivity contribution in [2.24, 2.45) is 0 Å². The van der Waals surface area contributed by atoms with E-state index in [1.165, 1.54) is 18.2 Å². The summed E-state index contributed by atoms with van der Waals surface area (Å²) in [7, 11) is 0. The normalized spacial score (nSPS) is 11.7. The lowest BCUT2D eigenvalue weighted by Gasteiger charge is -2.06. The van der Waals surface area contributed by atoms with E-state index >= 15 is 0 Å². The lowest BCUT2D eigenvalue weighted by atomic mass is 10.1. The number of fused-ring (bicyclic) bond motifs is 1. The minimum atomic E-state index is -5.01. The van der Waals surface area contributed by atoms with Gasteiger partial charge in [-0.3, -0.25) is 14.2 Å². The molecule has 19 heavy (non-hydrogen) atoms. The van der Waals surface area contributed by atoms with Crippen LogP contribution in [0.1, 0.15) is 10.4 Å². The molecule has 0 fully saturated rings. The molecule has 0 saturated carbocycles. The molecular weight excluding hydrogens is 263 g/mol. The molecule has 0 atom stereocenters. The molecule has 0 aliphatic carbocycles. The highest BCUT2D eigenvalue weighted by Gasteiger charge is 2.40. The highest BCUT2D eigenvalue weighted by Crippen LogP contribution is 2.26. The van der Waals surface area contributed by atoms with Crippen molar-refractivity contribution in [1.82, 2.24) is 4.57 Å². The van der Waals surface area contributed by atoms with Gasteiger partial charge in [0, 0.05) is 11.6 Å². The lowest BCUT2D eigenvalue weighted by Crippen LogP contribution is -2.28. The van der Waals surface area contributed by atoms with E-state index in [0.29, 0.717) is 9.95 Å². The number of benzene rings is 1. The number of carbonyl (C=O) groups excluding carboxylic acids is 1. The minimum absolute atomic E-state index is 0.0427. The molecular formula is C12H8F3NO3. The molecule has 0 amide bonds. The molecule has 0 saturated heterocycles.